The highest BCUT2D eigenvalue weighted by Gasteiger charge is 2.22. The smallest absolute Gasteiger partial charge is 0.0491 e. The van der Waals surface area contributed by atoms with Crippen LogP contribution in [-0.2, 0) is 13.1 Å². The van der Waals surface area contributed by atoms with Crippen molar-refractivity contribution in [3.8, 4) is 100 Å². The molecule has 0 atom stereocenters. The van der Waals surface area contributed by atoms with E-state index in [1.54, 1.807) is 0 Å². The first-order valence-electron chi connectivity index (χ1n) is 36.7. The van der Waals surface area contributed by atoms with Crippen LogP contribution in [0.1, 0.15) is 36.1 Å². The van der Waals surface area contributed by atoms with Crippen LogP contribution >= 0.6 is 0 Å². The molecule has 2 nitrogen and oxygen atoms in total. The van der Waals surface area contributed by atoms with Crippen molar-refractivity contribution in [2.24, 2.45) is 0 Å². The van der Waals surface area contributed by atoms with Gasteiger partial charge >= 0.3 is 0 Å². The summed E-state index contributed by atoms with van der Waals surface area (Å²) in [7, 11) is 0. The molecule has 104 heavy (non-hydrogen) atoms. The molecule has 0 aliphatic rings. The molecule has 17 aromatic carbocycles. The van der Waals surface area contributed by atoms with Crippen molar-refractivity contribution in [1.29, 1.82) is 0 Å². The lowest BCUT2D eigenvalue weighted by atomic mass is 9.84. The SMILES string of the molecule is CCn1c2ccccc2c2cc(-c3ccc(-c4c5ccccc5c(-c5ccc(-c6ccc(-c7ccccc7)cc6)cc5)c5cc(C)c(C)cc45)cc3)ccc21.CCn1c2ccccc2c2cc(-c3ccc(-c4c5ccccc5c(-c5ccc(-c6ccccc6)cc5)c5cc(C)c(C)cc45)cc3)ccc21. The van der Waals surface area contributed by atoms with Crippen molar-refractivity contribution >= 4 is 86.7 Å². The Morgan fingerprint density at radius 2 is 0.365 bits per heavy atom. The van der Waals surface area contributed by atoms with E-state index in [1.807, 2.05) is 0 Å². The largest absolute Gasteiger partial charge is 0.341 e. The Morgan fingerprint density at radius 1 is 0.163 bits per heavy atom. The Bertz CT molecular complexity index is 6510. The molecular weight excluding hydrogens is 1250 g/mol. The molecule has 0 saturated carbocycles. The maximum Gasteiger partial charge on any atom is 0.0491 e. The van der Waals surface area contributed by atoms with Crippen molar-refractivity contribution in [3.63, 3.8) is 0 Å². The first-order valence-corrected chi connectivity index (χ1v) is 36.7. The maximum atomic E-state index is 2.42. The Labute approximate surface area is 608 Å². The number of fused-ring (bicyclic) bond motifs is 10. The van der Waals surface area contributed by atoms with Gasteiger partial charge in [-0.3, -0.25) is 0 Å². The summed E-state index contributed by atoms with van der Waals surface area (Å²) in [5.41, 5.74) is 32.9. The first kappa shape index (κ1) is 63.5. The van der Waals surface area contributed by atoms with Crippen LogP contribution in [0.3, 0.4) is 0 Å². The lowest BCUT2D eigenvalue weighted by Crippen LogP contribution is -1.93. The number of nitrogens with zero attached hydrogens (tertiary/aromatic N) is 2. The number of para-hydroxylation sites is 2. The molecule has 2 heteroatoms. The number of aromatic nitrogens is 2. The lowest BCUT2D eigenvalue weighted by Gasteiger charge is -2.19. The second-order valence-corrected chi connectivity index (χ2v) is 28.2. The second kappa shape index (κ2) is 26.4. The Balaban J connectivity index is 0.000000149. The summed E-state index contributed by atoms with van der Waals surface area (Å²) >= 11 is 0. The topological polar surface area (TPSA) is 9.86 Å². The summed E-state index contributed by atoms with van der Waals surface area (Å²) < 4.78 is 4.83. The zero-order valence-corrected chi connectivity index (χ0v) is 59.6. The summed E-state index contributed by atoms with van der Waals surface area (Å²) in [6, 6.07) is 126. The van der Waals surface area contributed by atoms with E-state index in [-0.39, 0.29) is 0 Å². The molecule has 0 bridgehead atoms. The van der Waals surface area contributed by atoms with E-state index in [0.717, 1.165) is 13.1 Å². The quantitative estimate of drug-likeness (QED) is 0.114. The van der Waals surface area contributed by atoms with Crippen LogP contribution in [-0.4, -0.2) is 9.13 Å². The van der Waals surface area contributed by atoms with E-state index >= 15 is 0 Å². The van der Waals surface area contributed by atoms with Gasteiger partial charge in [-0.05, 0) is 243 Å². The standard InChI is InChI=1S/C54H41N.C48H37N/c1-4-55-51-17-11-10-14-45(51)48-34-44(30-31-52(48)55)41-24-28-43(29-25-41)54-47-16-9-8-15-46(47)53(49-32-35(2)36(3)33-50(49)54)42-26-22-40(23-27-42)39-20-18-38(19-21-39)37-12-6-5-7-13-37;1-4-49-45-17-11-10-14-39(45)42-30-38(26-27-46(42)49)35-20-24-37(25-21-35)48-41-16-9-8-15-40(41)47(43-28-31(2)32(3)29-44(43)48)36-22-18-34(19-23-36)33-12-6-5-7-13-33/h5-34H,4H2,1-3H3;5-30H,4H2,1-3H3. The summed E-state index contributed by atoms with van der Waals surface area (Å²) in [4.78, 5) is 0. The monoisotopic (exact) mass is 1330 g/mol. The second-order valence-electron chi connectivity index (χ2n) is 28.2. The van der Waals surface area contributed by atoms with Crippen molar-refractivity contribution in [2.45, 2.75) is 54.6 Å². The number of hydrogen-bond donors (Lipinski definition) is 0. The molecule has 2 aromatic heterocycles. The molecule has 0 aliphatic heterocycles. The first-order chi connectivity index (χ1) is 51.1. The third-order valence-electron chi connectivity index (χ3n) is 22.2. The number of aryl methyl sites for hydroxylation is 6. The summed E-state index contributed by atoms with van der Waals surface area (Å²) in [6.45, 7) is 15.3. The van der Waals surface area contributed by atoms with E-state index in [9.17, 15) is 0 Å². The molecule has 0 fully saturated rings. The van der Waals surface area contributed by atoms with Crippen LogP contribution in [0.25, 0.3) is 187 Å². The average Bonchev–Trinajstić information content (AvgIpc) is 1.13. The van der Waals surface area contributed by atoms with Gasteiger partial charge in [0.05, 0.1) is 0 Å². The van der Waals surface area contributed by atoms with Gasteiger partial charge in [0, 0.05) is 56.7 Å². The zero-order chi connectivity index (χ0) is 70.1. The van der Waals surface area contributed by atoms with Gasteiger partial charge in [-0.1, -0.05) is 303 Å². The van der Waals surface area contributed by atoms with Crippen LogP contribution in [0.2, 0.25) is 0 Å². The molecule has 19 aromatic rings. The fraction of sp³-hybridized carbons (Fsp3) is 0.0784. The normalized spacial score (nSPS) is 11.6. The number of hydrogen-bond acceptors (Lipinski definition) is 0. The van der Waals surface area contributed by atoms with Crippen LogP contribution in [0, 0.1) is 27.7 Å². The van der Waals surface area contributed by atoms with E-state index < -0.39 is 0 Å². The molecule has 19 rings (SSSR count). The van der Waals surface area contributed by atoms with Gasteiger partial charge in [0.2, 0.25) is 0 Å². The highest BCUT2D eigenvalue weighted by molar-refractivity contribution is 6.23. The molecule has 0 amide bonds. The van der Waals surface area contributed by atoms with Gasteiger partial charge in [0.1, 0.15) is 0 Å². The van der Waals surface area contributed by atoms with Gasteiger partial charge in [0.15, 0.2) is 0 Å². The van der Waals surface area contributed by atoms with Crippen LogP contribution < -0.4 is 0 Å². The molecular formula is C102H78N2. The van der Waals surface area contributed by atoms with Gasteiger partial charge in [-0.25, -0.2) is 0 Å². The van der Waals surface area contributed by atoms with E-state index in [2.05, 4.69) is 390 Å². The van der Waals surface area contributed by atoms with Crippen molar-refractivity contribution in [2.75, 3.05) is 0 Å². The molecule has 0 N–H and O–H groups in total. The lowest BCUT2D eigenvalue weighted by molar-refractivity contribution is 0.827. The van der Waals surface area contributed by atoms with Gasteiger partial charge < -0.3 is 9.13 Å². The van der Waals surface area contributed by atoms with Gasteiger partial charge in [-0.15, -0.1) is 0 Å². The van der Waals surface area contributed by atoms with E-state index in [1.165, 1.54) is 209 Å². The van der Waals surface area contributed by atoms with Gasteiger partial charge in [0.25, 0.3) is 0 Å². The molecule has 0 radical (unpaired) electrons. The van der Waals surface area contributed by atoms with Crippen molar-refractivity contribution in [1.82, 2.24) is 9.13 Å². The molecule has 0 saturated heterocycles. The van der Waals surface area contributed by atoms with Crippen molar-refractivity contribution < 1.29 is 0 Å². The fourth-order valence-corrected chi connectivity index (χ4v) is 16.7. The number of benzene rings is 17. The maximum absolute atomic E-state index is 2.42. The van der Waals surface area contributed by atoms with E-state index in [4.69, 9.17) is 0 Å². The highest BCUT2D eigenvalue weighted by Crippen LogP contribution is 2.48. The summed E-state index contributed by atoms with van der Waals surface area (Å²) in [5.74, 6) is 0. The zero-order valence-electron chi connectivity index (χ0n) is 59.6. The third-order valence-corrected chi connectivity index (χ3v) is 22.2. The Morgan fingerprint density at radius 3 is 0.635 bits per heavy atom. The number of rotatable bonds is 11. The van der Waals surface area contributed by atoms with E-state index in [0.29, 0.717) is 0 Å². The Hall–Kier alpha value is -12.6. The summed E-state index contributed by atoms with van der Waals surface area (Å²) in [6.07, 6.45) is 0. The van der Waals surface area contributed by atoms with Crippen LogP contribution in [0.15, 0.2) is 340 Å². The van der Waals surface area contributed by atoms with Gasteiger partial charge in [-0.2, -0.15) is 0 Å². The fourth-order valence-electron chi connectivity index (χ4n) is 16.7. The minimum atomic E-state index is 0.951. The molecule has 2 heterocycles. The molecule has 0 unspecified atom stereocenters. The van der Waals surface area contributed by atoms with Crippen LogP contribution in [0.4, 0.5) is 0 Å². The molecule has 0 spiro atoms. The van der Waals surface area contributed by atoms with Crippen LogP contribution in [0.5, 0.6) is 0 Å². The van der Waals surface area contributed by atoms with Crippen molar-refractivity contribution in [3.05, 3.63) is 362 Å². The third kappa shape index (κ3) is 11.0. The Kier molecular flexibility index (Phi) is 16.1. The minimum absolute atomic E-state index is 0.951. The predicted octanol–water partition coefficient (Wildman–Crippen LogP) is 28.5. The predicted molar refractivity (Wildman–Crippen MR) is 448 cm³/mol. The summed E-state index contributed by atoms with van der Waals surface area (Å²) in [5, 5.41) is 15.5. The highest BCUT2D eigenvalue weighted by atomic mass is 15.0. The molecule has 496 valence electrons. The average molecular weight is 1330 g/mol. The molecule has 0 aliphatic carbocycles. The minimum Gasteiger partial charge on any atom is -0.341 e.